The van der Waals surface area contributed by atoms with Crippen LogP contribution < -0.4 is 5.32 Å². The maximum Gasteiger partial charge on any atom is 0.0455 e. The summed E-state index contributed by atoms with van der Waals surface area (Å²) in [5.41, 5.74) is 5.18. The second-order valence-corrected chi connectivity index (χ2v) is 6.24. The third-order valence-electron chi connectivity index (χ3n) is 4.31. The number of nitrogens with one attached hydrogen (secondary N) is 1. The lowest BCUT2D eigenvalue weighted by Crippen LogP contribution is -2.34. The molecule has 2 aromatic carbocycles. The predicted octanol–water partition coefficient (Wildman–Crippen LogP) is 5.31. The van der Waals surface area contributed by atoms with Gasteiger partial charge in [0.2, 0.25) is 0 Å². The fourth-order valence-corrected chi connectivity index (χ4v) is 3.13. The number of anilines is 1. The number of hydrogen-bond donors (Lipinski definition) is 1. The third-order valence-corrected chi connectivity index (χ3v) is 4.72. The molecule has 1 fully saturated rings. The van der Waals surface area contributed by atoms with Gasteiger partial charge in [-0.05, 0) is 61.4 Å². The molecule has 1 aliphatic rings. The molecule has 104 valence electrons. The van der Waals surface area contributed by atoms with Crippen LogP contribution in [0.4, 0.5) is 5.69 Å². The largest absolute Gasteiger partial charge is 0.382 e. The van der Waals surface area contributed by atoms with Crippen molar-refractivity contribution in [2.45, 2.75) is 38.6 Å². The zero-order valence-electron chi connectivity index (χ0n) is 12.0. The van der Waals surface area contributed by atoms with Crippen molar-refractivity contribution in [3.05, 3.63) is 64.2 Å². The lowest BCUT2D eigenvalue weighted by atomic mass is 9.74. The first-order valence-corrected chi connectivity index (χ1v) is 7.59. The van der Waals surface area contributed by atoms with Crippen LogP contribution in [0.5, 0.6) is 0 Å². The maximum absolute atomic E-state index is 6.16. The molecule has 0 spiro atoms. The monoisotopic (exact) mass is 285 g/mol. The Kier molecular flexibility index (Phi) is 3.71. The van der Waals surface area contributed by atoms with Gasteiger partial charge < -0.3 is 5.32 Å². The van der Waals surface area contributed by atoms with Crippen LogP contribution in [0.2, 0.25) is 5.02 Å². The van der Waals surface area contributed by atoms with Crippen LogP contribution in [-0.2, 0) is 0 Å². The molecule has 0 saturated heterocycles. The Morgan fingerprint density at radius 1 is 1.00 bits per heavy atom. The van der Waals surface area contributed by atoms with Gasteiger partial charge in [0, 0.05) is 16.8 Å². The van der Waals surface area contributed by atoms with E-state index < -0.39 is 0 Å². The quantitative estimate of drug-likeness (QED) is 0.805. The van der Waals surface area contributed by atoms with Crippen LogP contribution in [0, 0.1) is 13.8 Å². The molecule has 1 aliphatic carbocycles. The van der Waals surface area contributed by atoms with E-state index in [1.54, 1.807) is 0 Å². The Bertz CT molecular complexity index is 615. The molecule has 1 nitrogen and oxygen atoms in total. The number of halogens is 1. The second kappa shape index (κ2) is 5.49. The maximum atomic E-state index is 6.16. The molecular weight excluding hydrogens is 266 g/mol. The minimum Gasteiger partial charge on any atom is -0.382 e. The molecule has 3 rings (SSSR count). The van der Waals surface area contributed by atoms with Crippen molar-refractivity contribution in [3.63, 3.8) is 0 Å². The van der Waals surface area contributed by atoms with E-state index in [0.29, 0.717) is 12.0 Å². The molecule has 20 heavy (non-hydrogen) atoms. The summed E-state index contributed by atoms with van der Waals surface area (Å²) in [6, 6.07) is 15.5. The van der Waals surface area contributed by atoms with Gasteiger partial charge in [-0.25, -0.2) is 0 Å². The highest BCUT2D eigenvalue weighted by Crippen LogP contribution is 2.39. The minimum absolute atomic E-state index is 0.568. The van der Waals surface area contributed by atoms with E-state index >= 15 is 0 Å². The van der Waals surface area contributed by atoms with Crippen molar-refractivity contribution in [2.24, 2.45) is 0 Å². The predicted molar refractivity (Wildman–Crippen MR) is 86.8 cm³/mol. The minimum atomic E-state index is 0.568. The lowest BCUT2D eigenvalue weighted by molar-refractivity contribution is 0.373. The van der Waals surface area contributed by atoms with Crippen molar-refractivity contribution in [3.8, 4) is 0 Å². The zero-order chi connectivity index (χ0) is 14.1. The zero-order valence-corrected chi connectivity index (χ0v) is 12.7. The molecule has 0 radical (unpaired) electrons. The fourth-order valence-electron chi connectivity index (χ4n) is 2.95. The molecule has 0 unspecified atom stereocenters. The standard InChI is InChI=1S/C18H20ClN/c1-12-5-3-4-6-17(12)14-9-16(10-14)20-15-8-7-13(2)18(19)11-15/h3-8,11,14,16,20H,9-10H2,1-2H3. The fraction of sp³-hybridized carbons (Fsp3) is 0.333. The van der Waals surface area contributed by atoms with E-state index in [9.17, 15) is 0 Å². The van der Waals surface area contributed by atoms with E-state index in [4.69, 9.17) is 11.6 Å². The van der Waals surface area contributed by atoms with Gasteiger partial charge in [0.1, 0.15) is 0 Å². The molecule has 2 heteroatoms. The molecule has 0 aliphatic heterocycles. The van der Waals surface area contributed by atoms with Crippen molar-refractivity contribution in [1.29, 1.82) is 0 Å². The van der Waals surface area contributed by atoms with Crippen LogP contribution in [0.25, 0.3) is 0 Å². The summed E-state index contributed by atoms with van der Waals surface area (Å²) in [5, 5.41) is 4.42. The molecule has 1 saturated carbocycles. The molecule has 0 bridgehead atoms. The molecule has 1 N–H and O–H groups in total. The summed E-state index contributed by atoms with van der Waals surface area (Å²) < 4.78 is 0. The number of hydrogen-bond acceptors (Lipinski definition) is 1. The molecule has 2 aromatic rings. The van der Waals surface area contributed by atoms with E-state index in [1.165, 1.54) is 24.0 Å². The third kappa shape index (κ3) is 2.69. The normalized spacial score (nSPS) is 21.4. The van der Waals surface area contributed by atoms with Gasteiger partial charge in [0.25, 0.3) is 0 Å². The lowest BCUT2D eigenvalue weighted by Gasteiger charge is -2.37. The van der Waals surface area contributed by atoms with Gasteiger partial charge in [0.05, 0.1) is 0 Å². The average Bonchev–Trinajstić information content (AvgIpc) is 2.39. The summed E-state index contributed by atoms with van der Waals surface area (Å²) in [6.07, 6.45) is 2.41. The molecule has 0 atom stereocenters. The molecule has 0 aromatic heterocycles. The Morgan fingerprint density at radius 2 is 1.75 bits per heavy atom. The van der Waals surface area contributed by atoms with E-state index in [-0.39, 0.29) is 0 Å². The smallest absolute Gasteiger partial charge is 0.0455 e. The average molecular weight is 286 g/mol. The number of aryl methyl sites for hydroxylation is 2. The highest BCUT2D eigenvalue weighted by molar-refractivity contribution is 6.31. The topological polar surface area (TPSA) is 12.0 Å². The van der Waals surface area contributed by atoms with Crippen LogP contribution in [0.3, 0.4) is 0 Å². The van der Waals surface area contributed by atoms with Gasteiger partial charge in [-0.15, -0.1) is 0 Å². The first-order valence-electron chi connectivity index (χ1n) is 7.21. The first-order chi connectivity index (χ1) is 9.63. The molecular formula is C18H20ClN. The van der Waals surface area contributed by atoms with Crippen LogP contribution in [-0.4, -0.2) is 6.04 Å². The van der Waals surface area contributed by atoms with Crippen molar-refractivity contribution in [2.75, 3.05) is 5.32 Å². The Labute approximate surface area is 126 Å². The van der Waals surface area contributed by atoms with Gasteiger partial charge in [-0.3, -0.25) is 0 Å². The summed E-state index contributed by atoms with van der Waals surface area (Å²) in [7, 11) is 0. The highest BCUT2D eigenvalue weighted by atomic mass is 35.5. The summed E-state index contributed by atoms with van der Waals surface area (Å²) in [6.45, 7) is 4.24. The van der Waals surface area contributed by atoms with Gasteiger partial charge in [0.15, 0.2) is 0 Å². The van der Waals surface area contributed by atoms with Crippen LogP contribution >= 0.6 is 11.6 Å². The summed E-state index contributed by atoms with van der Waals surface area (Å²) in [5.74, 6) is 0.703. The Hall–Kier alpha value is -1.47. The van der Waals surface area contributed by atoms with Crippen LogP contribution in [0.1, 0.15) is 35.4 Å². The number of benzene rings is 2. The van der Waals surface area contributed by atoms with Crippen molar-refractivity contribution in [1.82, 2.24) is 0 Å². The van der Waals surface area contributed by atoms with E-state index in [2.05, 4.69) is 48.6 Å². The summed E-state index contributed by atoms with van der Waals surface area (Å²) in [4.78, 5) is 0. The first kappa shape index (κ1) is 13.5. The Morgan fingerprint density at radius 3 is 2.45 bits per heavy atom. The highest BCUT2D eigenvalue weighted by Gasteiger charge is 2.30. The van der Waals surface area contributed by atoms with Gasteiger partial charge in [-0.1, -0.05) is 41.9 Å². The van der Waals surface area contributed by atoms with Crippen LogP contribution in [0.15, 0.2) is 42.5 Å². The number of rotatable bonds is 3. The van der Waals surface area contributed by atoms with E-state index in [1.807, 2.05) is 13.0 Å². The molecule has 0 amide bonds. The summed E-state index contributed by atoms with van der Waals surface area (Å²) >= 11 is 6.16. The van der Waals surface area contributed by atoms with E-state index in [0.717, 1.165) is 16.3 Å². The van der Waals surface area contributed by atoms with Gasteiger partial charge in [-0.2, -0.15) is 0 Å². The van der Waals surface area contributed by atoms with Gasteiger partial charge >= 0.3 is 0 Å². The Balaban J connectivity index is 1.61. The molecule has 0 heterocycles. The van der Waals surface area contributed by atoms with Crippen molar-refractivity contribution < 1.29 is 0 Å². The van der Waals surface area contributed by atoms with Crippen molar-refractivity contribution >= 4 is 17.3 Å². The SMILES string of the molecule is Cc1ccc(NC2CC(c3ccccc3C)C2)cc1Cl. The second-order valence-electron chi connectivity index (χ2n) is 5.83.